The van der Waals surface area contributed by atoms with Gasteiger partial charge in [0.2, 0.25) is 17.6 Å². The van der Waals surface area contributed by atoms with Gasteiger partial charge in [0, 0.05) is 6.07 Å². The third kappa shape index (κ3) is 3.05. The molecule has 0 unspecified atom stereocenters. The molecule has 10 nitrogen and oxygen atoms in total. The SMILES string of the molecule is Cc1cc(-c2noc(CNC(=O)CN3CCOC3=O)n2)no1. The molecule has 0 bridgehead atoms. The summed E-state index contributed by atoms with van der Waals surface area (Å²) in [5.74, 6) is 0.806. The summed E-state index contributed by atoms with van der Waals surface area (Å²) in [7, 11) is 0. The smallest absolute Gasteiger partial charge is 0.410 e. The molecule has 1 aliphatic heterocycles. The van der Waals surface area contributed by atoms with Crippen LogP contribution in [0.1, 0.15) is 11.7 Å². The van der Waals surface area contributed by atoms with E-state index in [1.54, 1.807) is 13.0 Å². The molecule has 0 radical (unpaired) electrons. The van der Waals surface area contributed by atoms with Crippen molar-refractivity contribution in [3.05, 3.63) is 17.7 Å². The van der Waals surface area contributed by atoms with Crippen LogP contribution in [0.5, 0.6) is 0 Å². The number of aromatic nitrogens is 3. The van der Waals surface area contributed by atoms with Crippen molar-refractivity contribution >= 4 is 12.0 Å². The summed E-state index contributed by atoms with van der Waals surface area (Å²) in [4.78, 5) is 28.3. The quantitative estimate of drug-likeness (QED) is 0.825. The monoisotopic (exact) mass is 307 g/mol. The number of amides is 2. The average molecular weight is 307 g/mol. The maximum absolute atomic E-state index is 11.7. The van der Waals surface area contributed by atoms with Crippen molar-refractivity contribution in [3.63, 3.8) is 0 Å². The molecule has 0 spiro atoms. The molecular formula is C12H13N5O5. The van der Waals surface area contributed by atoms with E-state index >= 15 is 0 Å². The number of nitrogens with one attached hydrogen (secondary N) is 1. The molecule has 0 aromatic carbocycles. The van der Waals surface area contributed by atoms with Crippen LogP contribution in [0.15, 0.2) is 15.1 Å². The van der Waals surface area contributed by atoms with E-state index in [2.05, 4.69) is 20.6 Å². The molecule has 0 aliphatic carbocycles. The topological polar surface area (TPSA) is 124 Å². The van der Waals surface area contributed by atoms with Gasteiger partial charge in [-0.2, -0.15) is 4.98 Å². The van der Waals surface area contributed by atoms with Crippen LogP contribution in [0.2, 0.25) is 0 Å². The predicted octanol–water partition coefficient (Wildman–Crippen LogP) is 0.101. The van der Waals surface area contributed by atoms with Crippen molar-refractivity contribution in [1.82, 2.24) is 25.5 Å². The summed E-state index contributed by atoms with van der Waals surface area (Å²) in [6.45, 7) is 2.45. The summed E-state index contributed by atoms with van der Waals surface area (Å²) >= 11 is 0. The van der Waals surface area contributed by atoms with E-state index in [9.17, 15) is 9.59 Å². The number of carbonyl (C=O) groups excluding carboxylic acids is 2. The zero-order valence-corrected chi connectivity index (χ0v) is 11.7. The molecule has 2 aromatic heterocycles. The number of hydrogen-bond donors (Lipinski definition) is 1. The van der Waals surface area contributed by atoms with Gasteiger partial charge in [0.05, 0.1) is 13.1 Å². The van der Waals surface area contributed by atoms with Gasteiger partial charge in [-0.1, -0.05) is 10.3 Å². The summed E-state index contributed by atoms with van der Waals surface area (Å²) in [5, 5.41) is 10.1. The number of rotatable bonds is 5. The molecule has 10 heteroatoms. The van der Waals surface area contributed by atoms with Crippen LogP contribution >= 0.6 is 0 Å². The Hall–Kier alpha value is -2.91. The van der Waals surface area contributed by atoms with E-state index in [-0.39, 0.29) is 30.7 Å². The molecule has 0 saturated carbocycles. The Morgan fingerprint density at radius 3 is 2.95 bits per heavy atom. The summed E-state index contributed by atoms with van der Waals surface area (Å²) in [5.41, 5.74) is 0.457. The van der Waals surface area contributed by atoms with Crippen LogP contribution in [0.4, 0.5) is 4.79 Å². The molecule has 3 heterocycles. The van der Waals surface area contributed by atoms with Gasteiger partial charge in [-0.3, -0.25) is 9.69 Å². The molecule has 2 amide bonds. The first-order valence-corrected chi connectivity index (χ1v) is 6.56. The van der Waals surface area contributed by atoms with Crippen molar-refractivity contribution in [1.29, 1.82) is 0 Å². The summed E-state index contributed by atoms with van der Waals surface area (Å²) < 4.78 is 14.7. The second-order valence-corrected chi connectivity index (χ2v) is 4.65. The Kier molecular flexibility index (Phi) is 3.73. The Morgan fingerprint density at radius 1 is 1.41 bits per heavy atom. The maximum Gasteiger partial charge on any atom is 0.410 e. The first kappa shape index (κ1) is 14.0. The molecule has 2 aromatic rings. The van der Waals surface area contributed by atoms with E-state index < -0.39 is 6.09 Å². The van der Waals surface area contributed by atoms with E-state index in [1.807, 2.05) is 0 Å². The van der Waals surface area contributed by atoms with Crippen molar-refractivity contribution in [2.24, 2.45) is 0 Å². The van der Waals surface area contributed by atoms with Gasteiger partial charge < -0.3 is 19.1 Å². The predicted molar refractivity (Wildman–Crippen MR) is 69.3 cm³/mol. The summed E-state index contributed by atoms with van der Waals surface area (Å²) in [6, 6.07) is 1.67. The van der Waals surface area contributed by atoms with Crippen molar-refractivity contribution in [3.8, 4) is 11.5 Å². The van der Waals surface area contributed by atoms with E-state index in [0.717, 1.165) is 0 Å². The van der Waals surface area contributed by atoms with E-state index in [1.165, 1.54) is 4.90 Å². The van der Waals surface area contributed by atoms with Crippen LogP contribution in [0.3, 0.4) is 0 Å². The molecule has 1 aliphatic rings. The van der Waals surface area contributed by atoms with Crippen LogP contribution in [0.25, 0.3) is 11.5 Å². The fourth-order valence-corrected chi connectivity index (χ4v) is 1.88. The molecule has 1 N–H and O–H groups in total. The lowest BCUT2D eigenvalue weighted by Gasteiger charge is -2.11. The summed E-state index contributed by atoms with van der Waals surface area (Å²) in [6.07, 6.45) is -0.489. The highest BCUT2D eigenvalue weighted by molar-refractivity contribution is 5.82. The molecule has 22 heavy (non-hydrogen) atoms. The number of aryl methyl sites for hydroxylation is 1. The first-order valence-electron chi connectivity index (χ1n) is 6.56. The third-order valence-electron chi connectivity index (χ3n) is 2.94. The van der Waals surface area contributed by atoms with Crippen LogP contribution < -0.4 is 5.32 Å². The normalized spacial score (nSPS) is 14.2. The molecular weight excluding hydrogens is 294 g/mol. The zero-order chi connectivity index (χ0) is 15.5. The maximum atomic E-state index is 11.7. The van der Waals surface area contributed by atoms with E-state index in [0.29, 0.717) is 24.6 Å². The Bertz CT molecular complexity index is 694. The van der Waals surface area contributed by atoms with Crippen LogP contribution in [-0.4, -0.2) is 51.9 Å². The lowest BCUT2D eigenvalue weighted by molar-refractivity contribution is -0.121. The lowest BCUT2D eigenvalue weighted by atomic mass is 10.4. The van der Waals surface area contributed by atoms with Gasteiger partial charge in [0.25, 0.3) is 0 Å². The number of ether oxygens (including phenoxy) is 1. The van der Waals surface area contributed by atoms with E-state index in [4.69, 9.17) is 13.8 Å². The first-order chi connectivity index (χ1) is 10.6. The third-order valence-corrected chi connectivity index (χ3v) is 2.94. The minimum Gasteiger partial charge on any atom is -0.448 e. The lowest BCUT2D eigenvalue weighted by Crippen LogP contribution is -2.37. The van der Waals surface area contributed by atoms with Gasteiger partial charge in [0.15, 0.2) is 5.69 Å². The van der Waals surface area contributed by atoms with Crippen molar-refractivity contribution in [2.75, 3.05) is 19.7 Å². The fraction of sp³-hybridized carbons (Fsp3) is 0.417. The zero-order valence-electron chi connectivity index (χ0n) is 11.7. The van der Waals surface area contributed by atoms with Crippen LogP contribution in [0, 0.1) is 6.92 Å². The molecule has 3 rings (SSSR count). The molecule has 0 atom stereocenters. The minimum atomic E-state index is -0.489. The highest BCUT2D eigenvalue weighted by atomic mass is 16.6. The van der Waals surface area contributed by atoms with Gasteiger partial charge >= 0.3 is 6.09 Å². The average Bonchev–Trinajstić information content (AvgIpc) is 3.19. The number of cyclic esters (lactones) is 1. The second-order valence-electron chi connectivity index (χ2n) is 4.65. The Morgan fingerprint density at radius 2 is 2.27 bits per heavy atom. The number of hydrogen-bond acceptors (Lipinski definition) is 8. The number of carbonyl (C=O) groups is 2. The van der Waals surface area contributed by atoms with Crippen LogP contribution in [-0.2, 0) is 16.1 Å². The van der Waals surface area contributed by atoms with Gasteiger partial charge in [-0.15, -0.1) is 0 Å². The van der Waals surface area contributed by atoms with Gasteiger partial charge in [0.1, 0.15) is 18.9 Å². The fourth-order valence-electron chi connectivity index (χ4n) is 1.88. The van der Waals surface area contributed by atoms with Gasteiger partial charge in [-0.05, 0) is 6.92 Å². The Balaban J connectivity index is 1.52. The second kappa shape index (κ2) is 5.84. The standard InChI is InChI=1S/C12H13N5O5/c1-7-4-8(15-21-7)11-14-10(22-16-11)5-13-9(18)6-17-2-3-20-12(17)19/h4H,2-3,5-6H2,1H3,(H,13,18). The van der Waals surface area contributed by atoms with Gasteiger partial charge in [-0.25, -0.2) is 4.79 Å². The highest BCUT2D eigenvalue weighted by Gasteiger charge is 2.24. The highest BCUT2D eigenvalue weighted by Crippen LogP contribution is 2.15. The van der Waals surface area contributed by atoms with Crippen molar-refractivity contribution in [2.45, 2.75) is 13.5 Å². The minimum absolute atomic E-state index is 0.0611. The molecule has 1 saturated heterocycles. The largest absolute Gasteiger partial charge is 0.448 e. The molecule has 116 valence electrons. The molecule has 1 fully saturated rings. The van der Waals surface area contributed by atoms with Crippen molar-refractivity contribution < 1.29 is 23.4 Å². The number of nitrogens with zero attached hydrogens (tertiary/aromatic N) is 4. The Labute approximate surface area is 124 Å².